The molecule has 146 valence electrons. The van der Waals surface area contributed by atoms with E-state index < -0.39 is 5.91 Å². The molecule has 0 saturated heterocycles. The summed E-state index contributed by atoms with van der Waals surface area (Å²) in [5.41, 5.74) is 5.56. The van der Waals surface area contributed by atoms with Gasteiger partial charge in [-0.3, -0.25) is 9.59 Å². The van der Waals surface area contributed by atoms with Crippen molar-refractivity contribution in [3.8, 4) is 16.5 Å². The highest BCUT2D eigenvalue weighted by Crippen LogP contribution is 2.23. The zero-order valence-corrected chi connectivity index (χ0v) is 16.1. The average Bonchev–Trinajstić information content (AvgIpc) is 3.37. The maximum atomic E-state index is 12.6. The van der Waals surface area contributed by atoms with Crippen LogP contribution in [0.25, 0.3) is 10.8 Å². The fourth-order valence-corrected chi connectivity index (χ4v) is 3.21. The molecular weight excluding hydrogens is 380 g/mol. The van der Waals surface area contributed by atoms with Crippen LogP contribution < -0.4 is 10.5 Å². The molecule has 0 radical (unpaired) electrons. The van der Waals surface area contributed by atoms with Gasteiger partial charge in [0, 0.05) is 6.54 Å². The molecule has 3 rings (SSSR count). The number of aromatic nitrogens is 2. The van der Waals surface area contributed by atoms with Crippen LogP contribution in [-0.2, 0) is 11.3 Å². The minimum absolute atomic E-state index is 0.186. The Bertz CT molecular complexity index is 939. The van der Waals surface area contributed by atoms with Crippen LogP contribution in [0, 0.1) is 0 Å². The lowest BCUT2D eigenvalue weighted by Crippen LogP contribution is -2.35. The lowest BCUT2D eigenvalue weighted by molar-refractivity contribution is -0.134. The summed E-state index contributed by atoms with van der Waals surface area (Å²) in [4.78, 5) is 26.5. The Balaban J connectivity index is 1.65. The van der Waals surface area contributed by atoms with Gasteiger partial charge in [0.15, 0.2) is 6.61 Å². The molecular formula is C19H20N4O4S. The van der Waals surface area contributed by atoms with Gasteiger partial charge in [0.05, 0.1) is 17.0 Å². The monoisotopic (exact) mass is 400 g/mol. The van der Waals surface area contributed by atoms with E-state index in [1.165, 1.54) is 11.3 Å². The molecule has 0 spiro atoms. The Kier molecular flexibility index (Phi) is 6.38. The van der Waals surface area contributed by atoms with Crippen molar-refractivity contribution >= 4 is 23.2 Å². The highest BCUT2D eigenvalue weighted by atomic mass is 32.1. The summed E-state index contributed by atoms with van der Waals surface area (Å²) in [5, 5.41) is 9.98. The molecule has 2 N–H and O–H groups in total. The first kappa shape index (κ1) is 19.6. The molecule has 0 saturated carbocycles. The number of benzene rings is 1. The van der Waals surface area contributed by atoms with E-state index in [1.807, 2.05) is 24.4 Å². The molecule has 0 unspecified atom stereocenters. The van der Waals surface area contributed by atoms with Gasteiger partial charge in [0.2, 0.25) is 5.89 Å². The molecule has 9 heteroatoms. The van der Waals surface area contributed by atoms with Gasteiger partial charge in [0.25, 0.3) is 17.7 Å². The van der Waals surface area contributed by atoms with Gasteiger partial charge in [-0.05, 0) is 30.0 Å². The van der Waals surface area contributed by atoms with Gasteiger partial charge < -0.3 is 19.8 Å². The fraction of sp³-hybridized carbons (Fsp3) is 0.263. The minimum atomic E-state index is -0.611. The summed E-state index contributed by atoms with van der Waals surface area (Å²) in [7, 11) is 0. The first-order valence-electron chi connectivity index (χ1n) is 8.74. The summed E-state index contributed by atoms with van der Waals surface area (Å²) in [6, 6.07) is 10.3. The Morgan fingerprint density at radius 3 is 2.75 bits per heavy atom. The molecule has 0 aliphatic rings. The number of nitrogens with two attached hydrogens (primary N) is 1. The molecule has 2 heterocycles. The van der Waals surface area contributed by atoms with Gasteiger partial charge >= 0.3 is 0 Å². The highest BCUT2D eigenvalue weighted by Gasteiger charge is 2.19. The van der Waals surface area contributed by atoms with Crippen LogP contribution in [0.2, 0.25) is 0 Å². The third-order valence-corrected chi connectivity index (χ3v) is 4.73. The lowest BCUT2D eigenvalue weighted by Gasteiger charge is -2.20. The normalized spacial score (nSPS) is 10.6. The molecule has 0 fully saturated rings. The molecule has 1 aromatic carbocycles. The molecule has 2 aromatic heterocycles. The number of carbonyl (C=O) groups is 2. The van der Waals surface area contributed by atoms with Crippen molar-refractivity contribution in [3.05, 3.63) is 53.2 Å². The molecule has 0 aliphatic heterocycles. The smallest absolute Gasteiger partial charge is 0.260 e. The molecule has 0 bridgehead atoms. The van der Waals surface area contributed by atoms with Crippen LogP contribution in [-0.4, -0.2) is 40.1 Å². The van der Waals surface area contributed by atoms with E-state index in [9.17, 15) is 9.59 Å². The SMILES string of the molecule is CCCN(Cc1nnc(-c2cccs2)o1)C(=O)COc1ccccc1C(N)=O. The van der Waals surface area contributed by atoms with E-state index in [0.717, 1.165) is 11.3 Å². The van der Waals surface area contributed by atoms with Crippen molar-refractivity contribution in [2.24, 2.45) is 5.73 Å². The maximum absolute atomic E-state index is 12.6. The number of rotatable bonds is 9. The first-order chi connectivity index (χ1) is 13.6. The van der Waals surface area contributed by atoms with Crippen LogP contribution in [0.4, 0.5) is 0 Å². The Labute approximate surface area is 165 Å². The zero-order valence-electron chi connectivity index (χ0n) is 15.3. The van der Waals surface area contributed by atoms with Crippen molar-refractivity contribution in [1.29, 1.82) is 0 Å². The van der Waals surface area contributed by atoms with Crippen LogP contribution in [0.5, 0.6) is 5.75 Å². The van der Waals surface area contributed by atoms with E-state index >= 15 is 0 Å². The van der Waals surface area contributed by atoms with E-state index in [1.54, 1.807) is 29.2 Å². The highest BCUT2D eigenvalue weighted by molar-refractivity contribution is 7.13. The summed E-state index contributed by atoms with van der Waals surface area (Å²) >= 11 is 1.50. The van der Waals surface area contributed by atoms with Gasteiger partial charge in [-0.25, -0.2) is 0 Å². The second kappa shape index (κ2) is 9.14. The second-order valence-electron chi connectivity index (χ2n) is 5.94. The molecule has 8 nitrogen and oxygen atoms in total. The third-order valence-electron chi connectivity index (χ3n) is 3.87. The molecule has 28 heavy (non-hydrogen) atoms. The number of hydrogen-bond acceptors (Lipinski definition) is 7. The second-order valence-corrected chi connectivity index (χ2v) is 6.89. The van der Waals surface area contributed by atoms with Gasteiger partial charge in [-0.1, -0.05) is 25.1 Å². The van der Waals surface area contributed by atoms with Gasteiger partial charge in [-0.15, -0.1) is 21.5 Å². The number of amides is 2. The Morgan fingerprint density at radius 1 is 1.21 bits per heavy atom. The standard InChI is InChI=1S/C19H20N4O4S/c1-2-9-23(11-16-21-22-19(27-16)15-8-5-10-28-15)17(24)12-26-14-7-4-3-6-13(14)18(20)25/h3-8,10H,2,9,11-12H2,1H3,(H2,20,25). The maximum Gasteiger partial charge on any atom is 0.260 e. The van der Waals surface area contributed by atoms with Gasteiger partial charge in [-0.2, -0.15) is 0 Å². The first-order valence-corrected chi connectivity index (χ1v) is 9.62. The number of ether oxygens (including phenoxy) is 1. The molecule has 0 atom stereocenters. The Morgan fingerprint density at radius 2 is 2.04 bits per heavy atom. The third kappa shape index (κ3) is 4.74. The number of hydrogen-bond donors (Lipinski definition) is 1. The predicted octanol–water partition coefficient (Wildman–Crippen LogP) is 2.71. The van der Waals surface area contributed by atoms with Crippen LogP contribution in [0.1, 0.15) is 29.6 Å². The minimum Gasteiger partial charge on any atom is -0.483 e. The van der Waals surface area contributed by atoms with Crippen molar-refractivity contribution in [2.45, 2.75) is 19.9 Å². The van der Waals surface area contributed by atoms with E-state index in [0.29, 0.717) is 18.3 Å². The zero-order chi connectivity index (χ0) is 19.9. The summed E-state index contributed by atoms with van der Waals surface area (Å²) < 4.78 is 11.2. The van der Waals surface area contributed by atoms with Crippen molar-refractivity contribution in [2.75, 3.05) is 13.2 Å². The van der Waals surface area contributed by atoms with Crippen molar-refractivity contribution in [1.82, 2.24) is 15.1 Å². The summed E-state index contributed by atoms with van der Waals surface area (Å²) in [6.45, 7) is 2.44. The van der Waals surface area contributed by atoms with E-state index in [2.05, 4.69) is 10.2 Å². The van der Waals surface area contributed by atoms with Crippen molar-refractivity contribution in [3.63, 3.8) is 0 Å². The number of primary amides is 1. The van der Waals surface area contributed by atoms with Crippen LogP contribution in [0.3, 0.4) is 0 Å². The van der Waals surface area contributed by atoms with Crippen molar-refractivity contribution < 1.29 is 18.7 Å². The average molecular weight is 400 g/mol. The number of carbonyl (C=O) groups excluding carboxylic acids is 2. The number of nitrogens with zero attached hydrogens (tertiary/aromatic N) is 3. The van der Waals surface area contributed by atoms with E-state index in [-0.39, 0.29) is 30.4 Å². The predicted molar refractivity (Wildman–Crippen MR) is 104 cm³/mol. The molecule has 0 aliphatic carbocycles. The molecule has 2 amide bonds. The fourth-order valence-electron chi connectivity index (χ4n) is 2.57. The number of thiophene rings is 1. The Hall–Kier alpha value is -3.20. The topological polar surface area (TPSA) is 112 Å². The summed E-state index contributed by atoms with van der Waals surface area (Å²) in [6.07, 6.45) is 0.759. The van der Waals surface area contributed by atoms with Crippen LogP contribution in [0.15, 0.2) is 46.2 Å². The largest absolute Gasteiger partial charge is 0.483 e. The lowest BCUT2D eigenvalue weighted by atomic mass is 10.2. The summed E-state index contributed by atoms with van der Waals surface area (Å²) in [5.74, 6) is 0.193. The van der Waals surface area contributed by atoms with Crippen LogP contribution >= 0.6 is 11.3 Å². The number of para-hydroxylation sites is 1. The quantitative estimate of drug-likeness (QED) is 0.591. The van der Waals surface area contributed by atoms with E-state index in [4.69, 9.17) is 14.9 Å². The molecule has 3 aromatic rings. The van der Waals surface area contributed by atoms with Gasteiger partial charge in [0.1, 0.15) is 5.75 Å².